The van der Waals surface area contributed by atoms with Gasteiger partial charge in [-0.2, -0.15) is 0 Å². The van der Waals surface area contributed by atoms with Crippen molar-refractivity contribution in [1.29, 1.82) is 0 Å². The molecule has 0 saturated heterocycles. The first-order valence-electron chi connectivity index (χ1n) is 7.12. The second kappa shape index (κ2) is 8.82. The summed E-state index contributed by atoms with van der Waals surface area (Å²) in [6.45, 7) is 5.97. The molecule has 1 aromatic carbocycles. The molecule has 0 unspecified atom stereocenters. The van der Waals surface area contributed by atoms with Crippen LogP contribution in [0.3, 0.4) is 0 Å². The van der Waals surface area contributed by atoms with Crippen LogP contribution >= 0.6 is 15.9 Å². The van der Waals surface area contributed by atoms with Crippen LogP contribution in [-0.2, 0) is 4.79 Å². The summed E-state index contributed by atoms with van der Waals surface area (Å²) in [5, 5.41) is 5.49. The number of carbonyl (C=O) groups is 2. The van der Waals surface area contributed by atoms with Gasteiger partial charge in [0.1, 0.15) is 0 Å². The van der Waals surface area contributed by atoms with Crippen LogP contribution in [0.15, 0.2) is 28.7 Å². The van der Waals surface area contributed by atoms with E-state index in [1.54, 1.807) is 18.6 Å². The summed E-state index contributed by atoms with van der Waals surface area (Å²) in [5.74, 6) is 0.300. The van der Waals surface area contributed by atoms with Crippen molar-refractivity contribution in [3.8, 4) is 0 Å². The SMILES string of the molecule is CC[CH]C(=O)[C@H](CC(C)C)NC(=O)Nc1ccc(Br)cc1. The van der Waals surface area contributed by atoms with Gasteiger partial charge in [-0.05, 0) is 43.0 Å². The lowest BCUT2D eigenvalue weighted by Crippen LogP contribution is -2.43. The molecular weight excluding hydrogens is 332 g/mol. The van der Waals surface area contributed by atoms with Gasteiger partial charge in [0.2, 0.25) is 0 Å². The number of ketones is 1. The van der Waals surface area contributed by atoms with Gasteiger partial charge in [0.05, 0.1) is 6.04 Å². The fourth-order valence-electron chi connectivity index (χ4n) is 1.92. The first-order valence-corrected chi connectivity index (χ1v) is 7.91. The van der Waals surface area contributed by atoms with E-state index in [1.165, 1.54) is 0 Å². The van der Waals surface area contributed by atoms with E-state index in [-0.39, 0.29) is 11.8 Å². The Labute approximate surface area is 134 Å². The van der Waals surface area contributed by atoms with Crippen molar-refractivity contribution in [3.63, 3.8) is 0 Å². The maximum atomic E-state index is 12.0. The van der Waals surface area contributed by atoms with E-state index in [2.05, 4.69) is 26.6 Å². The quantitative estimate of drug-likeness (QED) is 0.772. The average molecular weight is 354 g/mol. The Balaban J connectivity index is 2.62. The van der Waals surface area contributed by atoms with Crippen LogP contribution in [0, 0.1) is 12.3 Å². The van der Waals surface area contributed by atoms with Gasteiger partial charge < -0.3 is 10.6 Å². The van der Waals surface area contributed by atoms with Crippen molar-refractivity contribution in [1.82, 2.24) is 5.32 Å². The molecule has 1 atom stereocenters. The highest BCUT2D eigenvalue weighted by atomic mass is 79.9. The van der Waals surface area contributed by atoms with Gasteiger partial charge >= 0.3 is 6.03 Å². The highest BCUT2D eigenvalue weighted by Gasteiger charge is 2.21. The standard InChI is InChI=1S/C16H22BrN2O2/c1-4-5-15(20)14(10-11(2)3)19-16(21)18-13-8-6-12(17)7-9-13/h5-9,11,14H,4,10H2,1-3H3,(H2,18,19,21)/t14-/m0/s1. The summed E-state index contributed by atoms with van der Waals surface area (Å²) in [6, 6.07) is 6.44. The molecule has 0 heterocycles. The van der Waals surface area contributed by atoms with Crippen LogP contribution < -0.4 is 10.6 Å². The second-order valence-corrected chi connectivity index (χ2v) is 6.22. The monoisotopic (exact) mass is 353 g/mol. The lowest BCUT2D eigenvalue weighted by molar-refractivity contribution is -0.118. The number of anilines is 1. The van der Waals surface area contributed by atoms with E-state index in [4.69, 9.17) is 0 Å². The molecule has 2 N–H and O–H groups in total. The molecule has 0 aromatic heterocycles. The Kier molecular flexibility index (Phi) is 7.43. The predicted octanol–water partition coefficient (Wildman–Crippen LogP) is 4.17. The van der Waals surface area contributed by atoms with E-state index in [0.29, 0.717) is 24.4 Å². The molecule has 21 heavy (non-hydrogen) atoms. The number of rotatable bonds is 7. The molecule has 0 bridgehead atoms. The van der Waals surface area contributed by atoms with Crippen molar-refractivity contribution in [2.24, 2.45) is 5.92 Å². The Morgan fingerprint density at radius 2 is 1.86 bits per heavy atom. The molecule has 4 nitrogen and oxygen atoms in total. The molecule has 1 radical (unpaired) electrons. The number of amides is 2. The number of benzene rings is 1. The number of halogens is 1. The normalized spacial score (nSPS) is 12.0. The highest BCUT2D eigenvalue weighted by Crippen LogP contribution is 2.14. The number of hydrogen-bond donors (Lipinski definition) is 2. The second-order valence-electron chi connectivity index (χ2n) is 5.30. The van der Waals surface area contributed by atoms with Gasteiger partial charge in [0, 0.05) is 16.6 Å². The van der Waals surface area contributed by atoms with E-state index in [0.717, 1.165) is 4.47 Å². The van der Waals surface area contributed by atoms with Gasteiger partial charge in [-0.1, -0.05) is 36.7 Å². The summed E-state index contributed by atoms with van der Waals surface area (Å²) < 4.78 is 0.943. The molecule has 0 spiro atoms. The van der Waals surface area contributed by atoms with Gasteiger partial charge in [0.25, 0.3) is 0 Å². The van der Waals surface area contributed by atoms with Gasteiger partial charge in [-0.15, -0.1) is 0 Å². The summed E-state index contributed by atoms with van der Waals surface area (Å²) in [5.41, 5.74) is 0.686. The number of Topliss-reactive ketones (excluding diaryl/α,β-unsaturated/α-hetero) is 1. The molecule has 115 valence electrons. The number of urea groups is 1. The van der Waals surface area contributed by atoms with Crippen molar-refractivity contribution >= 4 is 33.4 Å². The fraction of sp³-hybridized carbons (Fsp3) is 0.438. The largest absolute Gasteiger partial charge is 0.328 e. The summed E-state index contributed by atoms with van der Waals surface area (Å²) >= 11 is 3.34. The minimum Gasteiger partial charge on any atom is -0.328 e. The van der Waals surface area contributed by atoms with Crippen molar-refractivity contribution in [2.45, 2.75) is 39.7 Å². The predicted molar refractivity (Wildman–Crippen MR) is 89.1 cm³/mol. The van der Waals surface area contributed by atoms with Gasteiger partial charge in [-0.3, -0.25) is 4.79 Å². The maximum Gasteiger partial charge on any atom is 0.319 e. The summed E-state index contributed by atoms with van der Waals surface area (Å²) in [7, 11) is 0. The van der Waals surface area contributed by atoms with Gasteiger partial charge in [0.15, 0.2) is 5.78 Å². The third kappa shape index (κ3) is 6.76. The molecule has 0 aliphatic rings. The molecule has 0 aliphatic heterocycles. The van der Waals surface area contributed by atoms with Gasteiger partial charge in [-0.25, -0.2) is 4.79 Å². The van der Waals surface area contributed by atoms with Crippen LogP contribution in [0.1, 0.15) is 33.6 Å². The molecule has 0 fully saturated rings. The highest BCUT2D eigenvalue weighted by molar-refractivity contribution is 9.10. The zero-order valence-electron chi connectivity index (χ0n) is 12.7. The first-order chi connectivity index (χ1) is 9.92. The Hall–Kier alpha value is -1.36. The van der Waals surface area contributed by atoms with Crippen LogP contribution in [0.2, 0.25) is 0 Å². The summed E-state index contributed by atoms with van der Waals surface area (Å²) in [6.07, 6.45) is 2.92. The minimum atomic E-state index is -0.472. The zero-order valence-corrected chi connectivity index (χ0v) is 14.2. The molecule has 1 rings (SSSR count). The van der Waals surface area contributed by atoms with E-state index < -0.39 is 6.04 Å². The molecule has 0 saturated carbocycles. The molecule has 0 aliphatic carbocycles. The lowest BCUT2D eigenvalue weighted by Gasteiger charge is -2.19. The topological polar surface area (TPSA) is 58.2 Å². The van der Waals surface area contributed by atoms with E-state index in [9.17, 15) is 9.59 Å². The third-order valence-electron chi connectivity index (χ3n) is 2.86. The first kappa shape index (κ1) is 17.7. The molecule has 5 heteroatoms. The number of carbonyl (C=O) groups excluding carboxylic acids is 2. The molecule has 1 aromatic rings. The zero-order chi connectivity index (χ0) is 15.8. The van der Waals surface area contributed by atoms with Crippen LogP contribution in [-0.4, -0.2) is 17.9 Å². The van der Waals surface area contributed by atoms with E-state index >= 15 is 0 Å². The van der Waals surface area contributed by atoms with Crippen molar-refractivity contribution < 1.29 is 9.59 Å². The van der Waals surface area contributed by atoms with Crippen molar-refractivity contribution in [2.75, 3.05) is 5.32 Å². The fourth-order valence-corrected chi connectivity index (χ4v) is 2.18. The lowest BCUT2D eigenvalue weighted by atomic mass is 9.98. The summed E-state index contributed by atoms with van der Waals surface area (Å²) in [4.78, 5) is 24.0. The Bertz CT molecular complexity index is 472. The van der Waals surface area contributed by atoms with Crippen LogP contribution in [0.25, 0.3) is 0 Å². The Morgan fingerprint density at radius 3 is 2.38 bits per heavy atom. The molecular formula is C16H22BrN2O2. The van der Waals surface area contributed by atoms with Crippen LogP contribution in [0.4, 0.5) is 10.5 Å². The Morgan fingerprint density at radius 1 is 1.24 bits per heavy atom. The van der Waals surface area contributed by atoms with Crippen LogP contribution in [0.5, 0.6) is 0 Å². The minimum absolute atomic E-state index is 0.0304. The third-order valence-corrected chi connectivity index (χ3v) is 3.39. The average Bonchev–Trinajstić information content (AvgIpc) is 2.40. The van der Waals surface area contributed by atoms with E-state index in [1.807, 2.05) is 32.9 Å². The smallest absolute Gasteiger partial charge is 0.319 e. The molecule has 2 amide bonds. The maximum absolute atomic E-state index is 12.0. The number of hydrogen-bond acceptors (Lipinski definition) is 2. The van der Waals surface area contributed by atoms with Crippen molar-refractivity contribution in [3.05, 3.63) is 35.2 Å². The number of nitrogens with one attached hydrogen (secondary N) is 2.